The van der Waals surface area contributed by atoms with Crippen molar-refractivity contribution in [3.8, 4) is 0 Å². The lowest BCUT2D eigenvalue weighted by atomic mass is 9.85. The van der Waals surface area contributed by atoms with Gasteiger partial charge in [-0.15, -0.1) is 0 Å². The van der Waals surface area contributed by atoms with Gasteiger partial charge in [-0.1, -0.05) is 24.9 Å². The van der Waals surface area contributed by atoms with Crippen LogP contribution in [-0.4, -0.2) is 17.0 Å². The third kappa shape index (κ3) is 3.73. The Labute approximate surface area is 128 Å². The van der Waals surface area contributed by atoms with Crippen molar-refractivity contribution in [3.05, 3.63) is 38.9 Å². The molecule has 2 atom stereocenters. The molecule has 114 valence electrons. The van der Waals surface area contributed by atoms with Gasteiger partial charge in [0.15, 0.2) is 0 Å². The fourth-order valence-corrected chi connectivity index (χ4v) is 3.03. The molecule has 5 nitrogen and oxygen atoms in total. The first-order valence-corrected chi connectivity index (χ1v) is 7.55. The highest BCUT2D eigenvalue weighted by Gasteiger charge is 2.27. The topological polar surface area (TPSA) is 69.4 Å². The van der Waals surface area contributed by atoms with Crippen LogP contribution in [0, 0.1) is 16.0 Å². The fourth-order valence-electron chi connectivity index (χ4n) is 2.78. The van der Waals surface area contributed by atoms with Crippen LogP contribution in [0.2, 0.25) is 5.02 Å². The van der Waals surface area contributed by atoms with Gasteiger partial charge in [0.2, 0.25) is 0 Å². The van der Waals surface area contributed by atoms with E-state index in [0.717, 1.165) is 25.7 Å². The fraction of sp³-hybridized carbons (Fsp3) is 0.533. The molecule has 0 saturated heterocycles. The van der Waals surface area contributed by atoms with E-state index in [-0.39, 0.29) is 22.4 Å². The molecule has 0 bridgehead atoms. The first-order valence-electron chi connectivity index (χ1n) is 7.17. The van der Waals surface area contributed by atoms with Crippen LogP contribution in [0.4, 0.5) is 5.69 Å². The van der Waals surface area contributed by atoms with Gasteiger partial charge in [-0.3, -0.25) is 10.1 Å². The van der Waals surface area contributed by atoms with Crippen molar-refractivity contribution in [1.29, 1.82) is 0 Å². The molecule has 0 amide bonds. The number of rotatable bonds is 4. The summed E-state index contributed by atoms with van der Waals surface area (Å²) >= 11 is 5.82. The Balaban J connectivity index is 2.09. The maximum atomic E-state index is 12.2. The summed E-state index contributed by atoms with van der Waals surface area (Å²) in [5.74, 6) is -0.0617. The number of nitrogens with zero attached hydrogens (tertiary/aromatic N) is 1. The zero-order chi connectivity index (χ0) is 15.4. The highest BCUT2D eigenvalue weighted by molar-refractivity contribution is 6.33. The molecule has 2 rings (SSSR count). The third-order valence-electron chi connectivity index (χ3n) is 4.00. The molecule has 6 heteroatoms. The van der Waals surface area contributed by atoms with Crippen LogP contribution in [0.3, 0.4) is 0 Å². The summed E-state index contributed by atoms with van der Waals surface area (Å²) in [6, 6.07) is 3.92. The van der Waals surface area contributed by atoms with Gasteiger partial charge in [-0.25, -0.2) is 4.79 Å². The lowest BCUT2D eigenvalue weighted by Gasteiger charge is -2.30. The van der Waals surface area contributed by atoms with Crippen LogP contribution in [0.25, 0.3) is 0 Å². The van der Waals surface area contributed by atoms with Gasteiger partial charge >= 0.3 is 5.97 Å². The summed E-state index contributed by atoms with van der Waals surface area (Å²) in [6.45, 7) is 2.10. The third-order valence-corrected chi connectivity index (χ3v) is 4.30. The molecule has 1 aliphatic rings. The second-order valence-electron chi connectivity index (χ2n) is 5.32. The van der Waals surface area contributed by atoms with Crippen LogP contribution < -0.4 is 0 Å². The molecular weight excluding hydrogens is 294 g/mol. The number of carbonyl (C=O) groups is 1. The Morgan fingerprint density at radius 3 is 2.76 bits per heavy atom. The van der Waals surface area contributed by atoms with E-state index in [9.17, 15) is 14.9 Å². The summed E-state index contributed by atoms with van der Waals surface area (Å²) in [4.78, 5) is 22.3. The Morgan fingerprint density at radius 2 is 2.14 bits per heavy atom. The van der Waals surface area contributed by atoms with Gasteiger partial charge in [0.05, 0.1) is 10.5 Å². The minimum Gasteiger partial charge on any atom is -0.458 e. The van der Waals surface area contributed by atoms with Crippen LogP contribution in [0.5, 0.6) is 0 Å². The van der Waals surface area contributed by atoms with Crippen molar-refractivity contribution >= 4 is 23.3 Å². The van der Waals surface area contributed by atoms with Crippen LogP contribution in [0.1, 0.15) is 49.4 Å². The Morgan fingerprint density at radius 1 is 1.43 bits per heavy atom. The quantitative estimate of drug-likeness (QED) is 0.470. The highest BCUT2D eigenvalue weighted by atomic mass is 35.5. The molecule has 1 aliphatic carbocycles. The predicted octanol–water partition coefficient (Wildman–Crippen LogP) is 4.37. The van der Waals surface area contributed by atoms with E-state index in [1.165, 1.54) is 24.6 Å². The number of halogens is 1. The van der Waals surface area contributed by atoms with E-state index in [1.807, 2.05) is 0 Å². The molecule has 0 aliphatic heterocycles. The van der Waals surface area contributed by atoms with Crippen molar-refractivity contribution in [2.45, 2.75) is 45.1 Å². The zero-order valence-corrected chi connectivity index (χ0v) is 12.6. The summed E-state index contributed by atoms with van der Waals surface area (Å²) < 4.78 is 5.57. The number of nitro benzene ring substituents is 1. The second kappa shape index (κ2) is 6.89. The molecule has 0 radical (unpaired) electrons. The lowest BCUT2D eigenvalue weighted by Crippen LogP contribution is -2.29. The molecule has 0 heterocycles. The number of nitro groups is 1. The van der Waals surface area contributed by atoms with E-state index in [4.69, 9.17) is 16.3 Å². The zero-order valence-electron chi connectivity index (χ0n) is 11.9. The number of benzene rings is 1. The molecule has 1 aromatic rings. The van der Waals surface area contributed by atoms with Gasteiger partial charge < -0.3 is 4.74 Å². The van der Waals surface area contributed by atoms with Crippen LogP contribution in [-0.2, 0) is 4.74 Å². The molecule has 1 fully saturated rings. The van der Waals surface area contributed by atoms with Gasteiger partial charge in [0, 0.05) is 6.07 Å². The molecule has 2 unspecified atom stereocenters. The number of hydrogen-bond acceptors (Lipinski definition) is 4. The average Bonchev–Trinajstić information content (AvgIpc) is 2.47. The molecule has 21 heavy (non-hydrogen) atoms. The summed E-state index contributed by atoms with van der Waals surface area (Å²) in [5.41, 5.74) is 0.0448. The SMILES string of the molecule is CCC1CCCCC1OC(=O)c1ccc([N+](=O)[O-])c(Cl)c1. The van der Waals surface area contributed by atoms with Crippen molar-refractivity contribution < 1.29 is 14.5 Å². The average molecular weight is 312 g/mol. The van der Waals surface area contributed by atoms with E-state index < -0.39 is 10.9 Å². The minimum atomic E-state index is -0.578. The first-order chi connectivity index (χ1) is 10.0. The molecule has 0 spiro atoms. The number of carbonyl (C=O) groups excluding carboxylic acids is 1. The first kappa shape index (κ1) is 15.8. The van der Waals surface area contributed by atoms with Crippen LogP contribution in [0.15, 0.2) is 18.2 Å². The smallest absolute Gasteiger partial charge is 0.338 e. The van der Waals surface area contributed by atoms with Crippen LogP contribution >= 0.6 is 11.6 Å². The molecule has 1 aromatic carbocycles. The minimum absolute atomic E-state index is 0.0508. The van der Waals surface area contributed by atoms with E-state index in [2.05, 4.69) is 6.92 Å². The van der Waals surface area contributed by atoms with Crippen molar-refractivity contribution in [1.82, 2.24) is 0 Å². The predicted molar refractivity (Wildman–Crippen MR) is 79.6 cm³/mol. The monoisotopic (exact) mass is 311 g/mol. The summed E-state index contributed by atoms with van der Waals surface area (Å²) in [7, 11) is 0. The standard InChI is InChI=1S/C15H18ClNO4/c1-2-10-5-3-4-6-14(10)21-15(18)11-7-8-13(17(19)20)12(16)9-11/h7-10,14H,2-6H2,1H3. The van der Waals surface area contributed by atoms with E-state index in [1.54, 1.807) is 0 Å². The molecular formula is C15H18ClNO4. The molecule has 1 saturated carbocycles. The van der Waals surface area contributed by atoms with Gasteiger partial charge in [-0.05, 0) is 43.7 Å². The van der Waals surface area contributed by atoms with Gasteiger partial charge in [0.1, 0.15) is 11.1 Å². The summed E-state index contributed by atoms with van der Waals surface area (Å²) in [5, 5.41) is 10.7. The van der Waals surface area contributed by atoms with E-state index in [0.29, 0.717) is 5.92 Å². The normalized spacial score (nSPS) is 21.8. The summed E-state index contributed by atoms with van der Waals surface area (Å²) in [6.07, 6.45) is 5.12. The number of ether oxygens (including phenoxy) is 1. The highest BCUT2D eigenvalue weighted by Crippen LogP contribution is 2.30. The maximum Gasteiger partial charge on any atom is 0.338 e. The second-order valence-corrected chi connectivity index (χ2v) is 5.73. The maximum absolute atomic E-state index is 12.2. The van der Waals surface area contributed by atoms with Crippen molar-refractivity contribution in [3.63, 3.8) is 0 Å². The van der Waals surface area contributed by atoms with Gasteiger partial charge in [-0.2, -0.15) is 0 Å². The Hall–Kier alpha value is -1.62. The Bertz CT molecular complexity index is 546. The lowest BCUT2D eigenvalue weighted by molar-refractivity contribution is -0.384. The number of esters is 1. The van der Waals surface area contributed by atoms with Gasteiger partial charge in [0.25, 0.3) is 5.69 Å². The van der Waals surface area contributed by atoms with Crippen molar-refractivity contribution in [2.24, 2.45) is 5.92 Å². The molecule has 0 N–H and O–H groups in total. The van der Waals surface area contributed by atoms with Crippen molar-refractivity contribution in [2.75, 3.05) is 0 Å². The number of hydrogen-bond donors (Lipinski definition) is 0. The molecule has 0 aromatic heterocycles. The van der Waals surface area contributed by atoms with E-state index >= 15 is 0 Å². The largest absolute Gasteiger partial charge is 0.458 e. The Kier molecular flexibility index (Phi) is 5.17.